The summed E-state index contributed by atoms with van der Waals surface area (Å²) < 4.78 is 10.9. The molecule has 4 nitrogen and oxygen atoms in total. The van der Waals surface area contributed by atoms with Crippen molar-refractivity contribution in [3.63, 3.8) is 0 Å². The van der Waals surface area contributed by atoms with Crippen molar-refractivity contribution in [1.29, 1.82) is 0 Å². The average molecular weight is 273 g/mol. The van der Waals surface area contributed by atoms with Gasteiger partial charge in [0.15, 0.2) is 11.5 Å². The molecule has 1 aromatic rings. The van der Waals surface area contributed by atoms with Gasteiger partial charge < -0.3 is 14.4 Å². The maximum Gasteiger partial charge on any atom is 0.231 e. The number of likely N-dealkylation sites (N-methyl/N-ethyl adjacent to an activating group) is 1. The summed E-state index contributed by atoms with van der Waals surface area (Å²) in [6.45, 7) is 1.37. The van der Waals surface area contributed by atoms with Crippen LogP contribution in [-0.4, -0.2) is 37.1 Å². The molecule has 1 aliphatic carbocycles. The maximum absolute atomic E-state index is 11.8. The number of hydrogen-bond donors (Lipinski definition) is 0. The van der Waals surface area contributed by atoms with E-state index in [9.17, 15) is 4.79 Å². The molecule has 2 unspecified atom stereocenters. The Bertz CT molecular complexity index is 571. The lowest BCUT2D eigenvalue weighted by Gasteiger charge is -2.41. The van der Waals surface area contributed by atoms with Gasteiger partial charge in [0, 0.05) is 24.3 Å². The number of carbonyl (C=O) groups is 1. The number of fused-ring (bicyclic) bond motifs is 2. The van der Waals surface area contributed by atoms with E-state index in [-0.39, 0.29) is 5.41 Å². The smallest absolute Gasteiger partial charge is 0.231 e. The van der Waals surface area contributed by atoms with Crippen molar-refractivity contribution < 1.29 is 14.3 Å². The molecule has 2 atom stereocenters. The molecule has 1 saturated carbocycles. The van der Waals surface area contributed by atoms with Crippen LogP contribution in [0.2, 0.25) is 0 Å². The van der Waals surface area contributed by atoms with Crippen LogP contribution in [0.5, 0.6) is 11.5 Å². The molecular weight excluding hydrogens is 254 g/mol. The number of benzene rings is 1. The van der Waals surface area contributed by atoms with Crippen LogP contribution in [0.15, 0.2) is 18.2 Å². The van der Waals surface area contributed by atoms with E-state index >= 15 is 0 Å². The van der Waals surface area contributed by atoms with Crippen molar-refractivity contribution >= 4 is 5.78 Å². The van der Waals surface area contributed by atoms with Crippen LogP contribution in [0.4, 0.5) is 0 Å². The number of ketones is 1. The summed E-state index contributed by atoms with van der Waals surface area (Å²) in [6.07, 6.45) is 3.48. The van der Waals surface area contributed by atoms with Gasteiger partial charge in [-0.25, -0.2) is 0 Å². The highest BCUT2D eigenvalue weighted by Gasteiger charge is 2.50. The van der Waals surface area contributed by atoms with E-state index in [4.69, 9.17) is 9.47 Å². The molecule has 20 heavy (non-hydrogen) atoms. The fourth-order valence-electron chi connectivity index (χ4n) is 4.13. The molecule has 0 N–H and O–H groups in total. The SMILES string of the molecule is CN1CCC2(c3ccc4c(c3)OCO4)CCC(=O)CC12. The van der Waals surface area contributed by atoms with Crippen molar-refractivity contribution in [3.05, 3.63) is 23.8 Å². The molecule has 0 aromatic heterocycles. The Morgan fingerprint density at radius 3 is 3.00 bits per heavy atom. The summed E-state index contributed by atoms with van der Waals surface area (Å²) >= 11 is 0. The fraction of sp³-hybridized carbons (Fsp3) is 0.562. The van der Waals surface area contributed by atoms with E-state index < -0.39 is 0 Å². The number of rotatable bonds is 1. The Hall–Kier alpha value is -1.55. The third-order valence-corrected chi connectivity index (χ3v) is 5.30. The normalized spacial score (nSPS) is 32.5. The van der Waals surface area contributed by atoms with Gasteiger partial charge in [-0.1, -0.05) is 6.07 Å². The number of nitrogens with zero attached hydrogens (tertiary/aromatic N) is 1. The summed E-state index contributed by atoms with van der Waals surface area (Å²) in [5.74, 6) is 2.09. The fourth-order valence-corrected chi connectivity index (χ4v) is 4.13. The predicted molar refractivity (Wildman–Crippen MR) is 74.1 cm³/mol. The van der Waals surface area contributed by atoms with Gasteiger partial charge in [-0.15, -0.1) is 0 Å². The van der Waals surface area contributed by atoms with E-state index in [0.717, 1.165) is 30.9 Å². The summed E-state index contributed by atoms with van der Waals surface area (Å²) in [5, 5.41) is 0. The van der Waals surface area contributed by atoms with Gasteiger partial charge in [-0.05, 0) is 44.1 Å². The van der Waals surface area contributed by atoms with Gasteiger partial charge in [0.2, 0.25) is 6.79 Å². The molecule has 2 fully saturated rings. The standard InChI is InChI=1S/C16H19NO3/c1-17-7-6-16(5-4-12(18)9-15(16)17)11-2-3-13-14(8-11)20-10-19-13/h2-3,8,15H,4-7,9-10H2,1H3. The topological polar surface area (TPSA) is 38.8 Å². The Kier molecular flexibility index (Phi) is 2.58. The Labute approximate surface area is 118 Å². The summed E-state index contributed by atoms with van der Waals surface area (Å²) in [6, 6.07) is 6.64. The summed E-state index contributed by atoms with van der Waals surface area (Å²) in [5.41, 5.74) is 1.42. The minimum absolute atomic E-state index is 0.115. The molecule has 1 saturated heterocycles. The average Bonchev–Trinajstić information content (AvgIpc) is 3.04. The molecule has 106 valence electrons. The second-order valence-electron chi connectivity index (χ2n) is 6.21. The third-order valence-electron chi connectivity index (χ3n) is 5.30. The van der Waals surface area contributed by atoms with Crippen LogP contribution < -0.4 is 9.47 Å². The van der Waals surface area contributed by atoms with Crippen molar-refractivity contribution in [2.75, 3.05) is 20.4 Å². The molecule has 3 aliphatic rings. The van der Waals surface area contributed by atoms with Gasteiger partial charge in [0.25, 0.3) is 0 Å². The first kappa shape index (κ1) is 12.2. The zero-order valence-corrected chi connectivity index (χ0v) is 11.7. The van der Waals surface area contributed by atoms with E-state index in [2.05, 4.69) is 24.1 Å². The Morgan fingerprint density at radius 2 is 2.10 bits per heavy atom. The zero-order valence-electron chi connectivity index (χ0n) is 11.7. The Morgan fingerprint density at radius 1 is 1.25 bits per heavy atom. The first-order chi connectivity index (χ1) is 9.69. The summed E-state index contributed by atoms with van der Waals surface area (Å²) in [4.78, 5) is 14.2. The molecule has 2 heterocycles. The lowest BCUT2D eigenvalue weighted by atomic mass is 9.66. The predicted octanol–water partition coefficient (Wildman–Crippen LogP) is 2.11. The lowest BCUT2D eigenvalue weighted by Crippen LogP contribution is -2.46. The highest BCUT2D eigenvalue weighted by Crippen LogP contribution is 2.49. The van der Waals surface area contributed by atoms with E-state index in [1.165, 1.54) is 5.56 Å². The second kappa shape index (κ2) is 4.22. The van der Waals surface area contributed by atoms with E-state index in [1.807, 2.05) is 6.07 Å². The largest absolute Gasteiger partial charge is 0.454 e. The summed E-state index contributed by atoms with van der Waals surface area (Å²) in [7, 11) is 2.14. The third kappa shape index (κ3) is 1.61. The first-order valence-electron chi connectivity index (χ1n) is 7.31. The highest BCUT2D eigenvalue weighted by molar-refractivity contribution is 5.81. The molecule has 4 rings (SSSR count). The number of Topliss-reactive ketones (excluding diaryl/α,β-unsaturated/α-hetero) is 1. The van der Waals surface area contributed by atoms with Gasteiger partial charge in [0.05, 0.1) is 0 Å². The molecule has 0 bridgehead atoms. The van der Waals surface area contributed by atoms with Gasteiger partial charge in [0.1, 0.15) is 5.78 Å². The molecular formula is C16H19NO3. The Balaban J connectivity index is 1.77. The van der Waals surface area contributed by atoms with Crippen LogP contribution in [0, 0.1) is 0 Å². The quantitative estimate of drug-likeness (QED) is 0.785. The molecule has 1 aromatic carbocycles. The minimum Gasteiger partial charge on any atom is -0.454 e. The molecule has 0 amide bonds. The van der Waals surface area contributed by atoms with Gasteiger partial charge >= 0.3 is 0 Å². The number of ether oxygens (including phenoxy) is 2. The van der Waals surface area contributed by atoms with Crippen molar-refractivity contribution in [2.24, 2.45) is 0 Å². The van der Waals surface area contributed by atoms with Gasteiger partial charge in [-0.2, -0.15) is 0 Å². The van der Waals surface area contributed by atoms with Crippen LogP contribution in [0.1, 0.15) is 31.2 Å². The van der Waals surface area contributed by atoms with Crippen LogP contribution in [0.3, 0.4) is 0 Å². The van der Waals surface area contributed by atoms with Gasteiger partial charge in [-0.3, -0.25) is 4.79 Å². The van der Waals surface area contributed by atoms with Crippen molar-refractivity contribution in [1.82, 2.24) is 4.90 Å². The molecule has 4 heteroatoms. The van der Waals surface area contributed by atoms with Crippen molar-refractivity contribution in [2.45, 2.75) is 37.1 Å². The molecule has 0 radical (unpaired) electrons. The highest BCUT2D eigenvalue weighted by atomic mass is 16.7. The van der Waals surface area contributed by atoms with E-state index in [1.54, 1.807) is 0 Å². The minimum atomic E-state index is 0.115. The number of carbonyl (C=O) groups excluding carboxylic acids is 1. The lowest BCUT2D eigenvalue weighted by molar-refractivity contribution is -0.122. The van der Waals surface area contributed by atoms with E-state index in [0.29, 0.717) is 31.5 Å². The van der Waals surface area contributed by atoms with Crippen LogP contribution in [0.25, 0.3) is 0 Å². The zero-order chi connectivity index (χ0) is 13.7. The number of hydrogen-bond acceptors (Lipinski definition) is 4. The van der Waals surface area contributed by atoms with Crippen LogP contribution in [-0.2, 0) is 10.2 Å². The monoisotopic (exact) mass is 273 g/mol. The molecule has 2 aliphatic heterocycles. The second-order valence-corrected chi connectivity index (χ2v) is 6.21. The van der Waals surface area contributed by atoms with Crippen LogP contribution >= 0.6 is 0 Å². The van der Waals surface area contributed by atoms with Crippen molar-refractivity contribution in [3.8, 4) is 11.5 Å². The number of likely N-dealkylation sites (tertiary alicyclic amines) is 1. The first-order valence-corrected chi connectivity index (χ1v) is 7.31. The molecule has 0 spiro atoms. The maximum atomic E-state index is 11.8.